The minimum absolute atomic E-state index is 0.160. The highest BCUT2D eigenvalue weighted by Crippen LogP contribution is 2.24. The molecule has 5 nitrogen and oxygen atoms in total. The average Bonchev–Trinajstić information content (AvgIpc) is 2.46. The van der Waals surface area contributed by atoms with Gasteiger partial charge in [0.15, 0.2) is 9.84 Å². The fraction of sp³-hybridized carbons (Fsp3) is 0.235. The van der Waals surface area contributed by atoms with Crippen LogP contribution in [-0.4, -0.2) is 37.7 Å². The van der Waals surface area contributed by atoms with Crippen LogP contribution in [0.25, 0.3) is 0 Å². The maximum Gasteiger partial charge on any atom is 0.325 e. The summed E-state index contributed by atoms with van der Waals surface area (Å²) in [6.07, 6.45) is 1.11. The molecule has 128 valence electrons. The molecule has 0 bridgehead atoms. The van der Waals surface area contributed by atoms with Crippen molar-refractivity contribution in [1.82, 2.24) is 4.90 Å². The number of likely N-dealkylation sites (N-methyl/N-ethyl adjacent to an activating group) is 1. The molecule has 7 heteroatoms. The molecule has 0 radical (unpaired) electrons. The highest BCUT2D eigenvalue weighted by atomic mass is 35.5. The Bertz CT molecular complexity index is 834. The highest BCUT2D eigenvalue weighted by molar-refractivity contribution is 7.90. The van der Waals surface area contributed by atoms with Crippen LogP contribution in [0, 0.1) is 0 Å². The van der Waals surface area contributed by atoms with Crippen LogP contribution in [-0.2, 0) is 21.2 Å². The van der Waals surface area contributed by atoms with Crippen LogP contribution in [0.5, 0.6) is 0 Å². The van der Waals surface area contributed by atoms with Gasteiger partial charge in [0, 0.05) is 17.8 Å². The van der Waals surface area contributed by atoms with E-state index in [4.69, 9.17) is 11.6 Å². The molecular weight excluding hydrogens is 350 g/mol. The van der Waals surface area contributed by atoms with Gasteiger partial charge < -0.3 is 5.11 Å². The van der Waals surface area contributed by atoms with Gasteiger partial charge in [-0.3, -0.25) is 9.69 Å². The number of aliphatic carboxylic acids is 1. The molecule has 0 amide bonds. The number of nitrogens with zero attached hydrogens (tertiary/aromatic N) is 1. The normalized spacial score (nSPS) is 13.0. The Kier molecular flexibility index (Phi) is 5.64. The van der Waals surface area contributed by atoms with Gasteiger partial charge in [-0.15, -0.1) is 0 Å². The second-order valence-corrected chi connectivity index (χ2v) is 8.08. The van der Waals surface area contributed by atoms with Gasteiger partial charge in [-0.25, -0.2) is 8.42 Å². The van der Waals surface area contributed by atoms with Crippen molar-refractivity contribution < 1.29 is 18.3 Å². The number of carboxylic acid groups (broad SMARTS) is 1. The Morgan fingerprint density at radius 3 is 2.33 bits per heavy atom. The molecule has 1 N–H and O–H groups in total. The molecule has 2 rings (SSSR count). The van der Waals surface area contributed by atoms with E-state index in [1.165, 1.54) is 24.3 Å². The first-order valence-electron chi connectivity index (χ1n) is 7.16. The lowest BCUT2D eigenvalue weighted by Crippen LogP contribution is -2.30. The molecule has 2 aromatic rings. The summed E-state index contributed by atoms with van der Waals surface area (Å²) in [5.41, 5.74) is 1.41. The van der Waals surface area contributed by atoms with Gasteiger partial charge in [0.2, 0.25) is 0 Å². The number of carbonyl (C=O) groups is 1. The molecule has 24 heavy (non-hydrogen) atoms. The van der Waals surface area contributed by atoms with E-state index in [0.717, 1.165) is 11.8 Å². The predicted octanol–water partition coefficient (Wildman–Crippen LogP) is 3.00. The van der Waals surface area contributed by atoms with Crippen LogP contribution >= 0.6 is 11.6 Å². The Balaban J connectivity index is 2.27. The second kappa shape index (κ2) is 7.34. The zero-order chi connectivity index (χ0) is 17.9. The zero-order valence-corrected chi connectivity index (χ0v) is 14.9. The van der Waals surface area contributed by atoms with Gasteiger partial charge in [-0.1, -0.05) is 35.9 Å². The van der Waals surface area contributed by atoms with Crippen LogP contribution in [0.4, 0.5) is 0 Å². The Hall–Kier alpha value is -1.89. The van der Waals surface area contributed by atoms with Gasteiger partial charge >= 0.3 is 5.97 Å². The van der Waals surface area contributed by atoms with Gasteiger partial charge in [0.1, 0.15) is 6.04 Å². The van der Waals surface area contributed by atoms with Crippen LogP contribution in [0.15, 0.2) is 53.4 Å². The predicted molar refractivity (Wildman–Crippen MR) is 92.8 cm³/mol. The maximum absolute atomic E-state index is 11.7. The molecule has 0 saturated heterocycles. The van der Waals surface area contributed by atoms with Crippen LogP contribution < -0.4 is 0 Å². The Labute approximate surface area is 146 Å². The summed E-state index contributed by atoms with van der Waals surface area (Å²) in [6.45, 7) is 0.394. The summed E-state index contributed by atoms with van der Waals surface area (Å²) >= 11 is 5.96. The average molecular weight is 368 g/mol. The largest absolute Gasteiger partial charge is 0.480 e. The third-order valence-corrected chi connectivity index (χ3v) is 4.98. The van der Waals surface area contributed by atoms with Crippen LogP contribution in [0.1, 0.15) is 17.2 Å². The fourth-order valence-electron chi connectivity index (χ4n) is 2.50. The number of rotatable bonds is 6. The zero-order valence-electron chi connectivity index (χ0n) is 13.3. The third-order valence-electron chi connectivity index (χ3n) is 3.62. The van der Waals surface area contributed by atoms with Gasteiger partial charge in [0.05, 0.1) is 4.90 Å². The number of benzene rings is 2. The number of halogens is 1. The van der Waals surface area contributed by atoms with Crippen molar-refractivity contribution in [3.8, 4) is 0 Å². The highest BCUT2D eigenvalue weighted by Gasteiger charge is 2.25. The lowest BCUT2D eigenvalue weighted by molar-refractivity contribution is -0.143. The topological polar surface area (TPSA) is 74.7 Å². The molecule has 0 saturated carbocycles. The maximum atomic E-state index is 11.7. The molecular formula is C17H18ClNO4S. The van der Waals surface area contributed by atoms with Gasteiger partial charge in [0.25, 0.3) is 0 Å². The lowest BCUT2D eigenvalue weighted by Gasteiger charge is -2.25. The number of carboxylic acids is 1. The van der Waals surface area contributed by atoms with Crippen molar-refractivity contribution in [3.05, 3.63) is 64.7 Å². The first-order chi connectivity index (χ1) is 11.2. The van der Waals surface area contributed by atoms with E-state index in [1.54, 1.807) is 24.1 Å². The molecule has 0 aliphatic carbocycles. The molecule has 0 aromatic heterocycles. The van der Waals surface area contributed by atoms with E-state index in [-0.39, 0.29) is 4.90 Å². The summed E-state index contributed by atoms with van der Waals surface area (Å²) in [4.78, 5) is 13.5. The van der Waals surface area contributed by atoms with E-state index in [1.807, 2.05) is 12.1 Å². The molecule has 0 aliphatic heterocycles. The quantitative estimate of drug-likeness (QED) is 0.849. The summed E-state index contributed by atoms with van der Waals surface area (Å²) in [5.74, 6) is -1.01. The van der Waals surface area contributed by atoms with Crippen molar-refractivity contribution in [2.45, 2.75) is 17.5 Å². The lowest BCUT2D eigenvalue weighted by atomic mass is 10.1. The van der Waals surface area contributed by atoms with Gasteiger partial charge in [-0.05, 0) is 42.4 Å². The molecule has 0 heterocycles. The molecule has 0 fully saturated rings. The van der Waals surface area contributed by atoms with Crippen molar-refractivity contribution >= 4 is 27.4 Å². The molecule has 1 atom stereocenters. The molecule has 0 spiro atoms. The SMILES string of the molecule is CN(Cc1cccc(Cl)c1)C(C(=O)O)c1ccc(S(C)(=O)=O)cc1. The summed E-state index contributed by atoms with van der Waals surface area (Å²) in [7, 11) is -1.62. The molecule has 1 unspecified atom stereocenters. The number of hydrogen-bond donors (Lipinski definition) is 1. The van der Waals surface area contributed by atoms with Gasteiger partial charge in [-0.2, -0.15) is 0 Å². The summed E-state index contributed by atoms with van der Waals surface area (Å²) < 4.78 is 23.0. The van der Waals surface area contributed by atoms with Crippen LogP contribution in [0.2, 0.25) is 5.02 Å². The van der Waals surface area contributed by atoms with Crippen molar-refractivity contribution in [1.29, 1.82) is 0 Å². The monoisotopic (exact) mass is 367 g/mol. The Morgan fingerprint density at radius 2 is 1.83 bits per heavy atom. The van der Waals surface area contributed by atoms with E-state index >= 15 is 0 Å². The standard InChI is InChI=1S/C17H18ClNO4S/c1-19(11-12-4-3-5-14(18)10-12)16(17(20)21)13-6-8-15(9-7-13)24(2,22)23/h3-10,16H,11H2,1-2H3,(H,20,21). The minimum Gasteiger partial charge on any atom is -0.480 e. The van der Waals surface area contributed by atoms with Crippen molar-refractivity contribution in [2.24, 2.45) is 0 Å². The van der Waals surface area contributed by atoms with E-state index in [0.29, 0.717) is 17.1 Å². The summed E-state index contributed by atoms with van der Waals surface area (Å²) in [5, 5.41) is 10.2. The number of hydrogen-bond acceptors (Lipinski definition) is 4. The second-order valence-electron chi connectivity index (χ2n) is 5.63. The fourth-order valence-corrected chi connectivity index (χ4v) is 3.34. The van der Waals surface area contributed by atoms with E-state index in [2.05, 4.69) is 0 Å². The molecule has 2 aromatic carbocycles. The smallest absolute Gasteiger partial charge is 0.325 e. The first kappa shape index (κ1) is 18.4. The minimum atomic E-state index is -3.31. The third kappa shape index (κ3) is 4.56. The summed E-state index contributed by atoms with van der Waals surface area (Å²) in [6, 6.07) is 12.2. The molecule has 0 aliphatic rings. The van der Waals surface area contributed by atoms with Crippen LogP contribution in [0.3, 0.4) is 0 Å². The van der Waals surface area contributed by atoms with Crippen molar-refractivity contribution in [2.75, 3.05) is 13.3 Å². The number of sulfone groups is 1. The van der Waals surface area contributed by atoms with Crippen molar-refractivity contribution in [3.63, 3.8) is 0 Å². The first-order valence-corrected chi connectivity index (χ1v) is 9.43. The van der Waals surface area contributed by atoms with E-state index in [9.17, 15) is 18.3 Å². The Morgan fingerprint density at radius 1 is 1.21 bits per heavy atom. The van der Waals surface area contributed by atoms with E-state index < -0.39 is 21.8 Å².